The number of hydrogen-bond acceptors (Lipinski definition) is 6. The molecular formula is C19H25N5O4S. The van der Waals surface area contributed by atoms with Crippen molar-refractivity contribution in [2.24, 2.45) is 5.92 Å². The lowest BCUT2D eigenvalue weighted by Crippen LogP contribution is -2.41. The minimum Gasteiger partial charge on any atom is -0.381 e. The SMILES string of the molecule is CS(=O)(=O)NC1CC(c2nc(-c3ccccc3)n[nH]2)N(C(=O)C2CCOCC2)C1. The second kappa shape index (κ2) is 8.21. The quantitative estimate of drug-likeness (QED) is 0.749. The molecule has 1 amide bonds. The average Bonchev–Trinajstić information content (AvgIpc) is 3.35. The molecule has 2 N–H and O–H groups in total. The van der Waals surface area contributed by atoms with Gasteiger partial charge in [0, 0.05) is 37.3 Å². The molecule has 2 saturated heterocycles. The summed E-state index contributed by atoms with van der Waals surface area (Å²) in [6.07, 6.45) is 2.94. The number of ether oxygens (including phenoxy) is 1. The molecule has 2 unspecified atom stereocenters. The number of sulfonamides is 1. The molecule has 3 heterocycles. The average molecular weight is 420 g/mol. The summed E-state index contributed by atoms with van der Waals surface area (Å²) in [7, 11) is -3.38. The van der Waals surface area contributed by atoms with E-state index in [0.29, 0.717) is 50.7 Å². The van der Waals surface area contributed by atoms with Crippen molar-refractivity contribution in [2.45, 2.75) is 31.3 Å². The Morgan fingerprint density at radius 2 is 1.97 bits per heavy atom. The minimum atomic E-state index is -3.38. The van der Waals surface area contributed by atoms with E-state index in [1.165, 1.54) is 0 Å². The van der Waals surface area contributed by atoms with Crippen LogP contribution in [0.2, 0.25) is 0 Å². The van der Waals surface area contributed by atoms with Crippen molar-refractivity contribution < 1.29 is 17.9 Å². The maximum absolute atomic E-state index is 13.2. The van der Waals surface area contributed by atoms with E-state index in [1.807, 2.05) is 30.3 Å². The molecule has 9 nitrogen and oxygen atoms in total. The van der Waals surface area contributed by atoms with Gasteiger partial charge < -0.3 is 9.64 Å². The maximum Gasteiger partial charge on any atom is 0.226 e. The van der Waals surface area contributed by atoms with Crippen molar-refractivity contribution in [2.75, 3.05) is 26.0 Å². The van der Waals surface area contributed by atoms with Crippen molar-refractivity contribution in [3.05, 3.63) is 36.2 Å². The van der Waals surface area contributed by atoms with Crippen molar-refractivity contribution in [1.29, 1.82) is 0 Å². The third kappa shape index (κ3) is 4.65. The number of aromatic nitrogens is 3. The monoisotopic (exact) mass is 419 g/mol. The molecule has 29 heavy (non-hydrogen) atoms. The normalized spacial score (nSPS) is 23.4. The minimum absolute atomic E-state index is 0.0220. The van der Waals surface area contributed by atoms with Gasteiger partial charge in [0.15, 0.2) is 5.82 Å². The van der Waals surface area contributed by atoms with Gasteiger partial charge in [-0.25, -0.2) is 18.1 Å². The van der Waals surface area contributed by atoms with Gasteiger partial charge in [-0.3, -0.25) is 9.89 Å². The Labute approximate surface area is 169 Å². The van der Waals surface area contributed by atoms with Gasteiger partial charge in [-0.05, 0) is 19.3 Å². The summed E-state index contributed by atoms with van der Waals surface area (Å²) in [4.78, 5) is 19.6. The van der Waals surface area contributed by atoms with E-state index in [4.69, 9.17) is 4.74 Å². The van der Waals surface area contributed by atoms with Crippen LogP contribution in [-0.2, 0) is 19.6 Å². The van der Waals surface area contributed by atoms with E-state index in [2.05, 4.69) is 19.9 Å². The van der Waals surface area contributed by atoms with E-state index >= 15 is 0 Å². The molecule has 1 aromatic carbocycles. The second-order valence-electron chi connectivity index (χ2n) is 7.63. The highest BCUT2D eigenvalue weighted by atomic mass is 32.2. The van der Waals surface area contributed by atoms with Crippen molar-refractivity contribution >= 4 is 15.9 Å². The Balaban J connectivity index is 1.59. The highest BCUT2D eigenvalue weighted by Gasteiger charge is 2.41. The summed E-state index contributed by atoms with van der Waals surface area (Å²) in [6, 6.07) is 8.87. The number of likely N-dealkylation sites (tertiary alicyclic amines) is 1. The van der Waals surface area contributed by atoms with E-state index < -0.39 is 10.0 Å². The third-order valence-electron chi connectivity index (χ3n) is 5.39. The summed E-state index contributed by atoms with van der Waals surface area (Å²) in [6.45, 7) is 1.45. The van der Waals surface area contributed by atoms with Crippen LogP contribution in [0.15, 0.2) is 30.3 Å². The van der Waals surface area contributed by atoms with Gasteiger partial charge in [0.2, 0.25) is 15.9 Å². The summed E-state index contributed by atoms with van der Waals surface area (Å²) in [5.41, 5.74) is 0.876. The predicted octanol–water partition coefficient (Wildman–Crippen LogP) is 1.09. The van der Waals surface area contributed by atoms with E-state index in [0.717, 1.165) is 11.8 Å². The number of rotatable bonds is 5. The largest absolute Gasteiger partial charge is 0.381 e. The highest BCUT2D eigenvalue weighted by Crippen LogP contribution is 2.34. The molecule has 0 aliphatic carbocycles. The number of benzene rings is 1. The molecule has 2 aliphatic rings. The van der Waals surface area contributed by atoms with Crippen molar-refractivity contribution in [1.82, 2.24) is 24.8 Å². The zero-order chi connectivity index (χ0) is 20.4. The smallest absolute Gasteiger partial charge is 0.226 e. The molecule has 10 heteroatoms. The van der Waals surface area contributed by atoms with Crippen LogP contribution in [0.1, 0.15) is 31.1 Å². The van der Waals surface area contributed by atoms with Gasteiger partial charge in [0.25, 0.3) is 0 Å². The van der Waals surface area contributed by atoms with Crippen LogP contribution in [0.4, 0.5) is 0 Å². The molecular weight excluding hydrogens is 394 g/mol. The van der Waals surface area contributed by atoms with Gasteiger partial charge in [0.1, 0.15) is 5.82 Å². The highest BCUT2D eigenvalue weighted by molar-refractivity contribution is 7.88. The Morgan fingerprint density at radius 3 is 2.66 bits per heavy atom. The Morgan fingerprint density at radius 1 is 1.24 bits per heavy atom. The lowest BCUT2D eigenvalue weighted by atomic mass is 9.98. The molecule has 0 bridgehead atoms. The fourth-order valence-electron chi connectivity index (χ4n) is 4.05. The van der Waals surface area contributed by atoms with Crippen molar-refractivity contribution in [3.8, 4) is 11.4 Å². The number of carbonyl (C=O) groups is 1. The van der Waals surface area contributed by atoms with Crippen LogP contribution in [0, 0.1) is 5.92 Å². The lowest BCUT2D eigenvalue weighted by Gasteiger charge is -2.29. The Bertz CT molecular complexity index is 956. The molecule has 4 rings (SSSR count). The molecule has 156 valence electrons. The zero-order valence-corrected chi connectivity index (χ0v) is 17.1. The van der Waals surface area contributed by atoms with E-state index in [1.54, 1.807) is 4.90 Å². The third-order valence-corrected chi connectivity index (χ3v) is 6.15. The summed E-state index contributed by atoms with van der Waals surface area (Å²) in [5, 5.41) is 7.26. The first-order valence-electron chi connectivity index (χ1n) is 9.74. The van der Waals surface area contributed by atoms with Gasteiger partial charge in [0.05, 0.1) is 12.3 Å². The zero-order valence-electron chi connectivity index (χ0n) is 16.2. The molecule has 1 aromatic heterocycles. The number of amides is 1. The second-order valence-corrected chi connectivity index (χ2v) is 9.41. The molecule has 2 atom stereocenters. The molecule has 0 radical (unpaired) electrons. The lowest BCUT2D eigenvalue weighted by molar-refractivity contribution is -0.139. The summed E-state index contributed by atoms with van der Waals surface area (Å²) in [5.74, 6) is 1.04. The van der Waals surface area contributed by atoms with Crippen LogP contribution in [0.3, 0.4) is 0 Å². The van der Waals surface area contributed by atoms with Gasteiger partial charge in [-0.15, -0.1) is 0 Å². The topological polar surface area (TPSA) is 117 Å². The molecule has 2 aliphatic heterocycles. The number of carbonyl (C=O) groups excluding carboxylic acids is 1. The number of hydrogen-bond donors (Lipinski definition) is 2. The van der Waals surface area contributed by atoms with Crippen LogP contribution in [-0.4, -0.2) is 66.5 Å². The first kappa shape index (κ1) is 20.0. The number of nitrogens with zero attached hydrogens (tertiary/aromatic N) is 3. The van der Waals surface area contributed by atoms with Gasteiger partial charge in [-0.1, -0.05) is 30.3 Å². The molecule has 2 fully saturated rings. The van der Waals surface area contributed by atoms with Gasteiger partial charge >= 0.3 is 0 Å². The van der Waals surface area contributed by atoms with Crippen LogP contribution in [0.25, 0.3) is 11.4 Å². The predicted molar refractivity (Wildman–Crippen MR) is 106 cm³/mol. The number of aromatic amines is 1. The Hall–Kier alpha value is -2.30. The van der Waals surface area contributed by atoms with Crippen LogP contribution >= 0.6 is 0 Å². The standard InChI is InChI=1S/C19H25N5O4S/c1-29(26,27)23-15-11-16(24(12-15)19(25)14-7-9-28-10-8-14)18-20-17(21-22-18)13-5-3-2-4-6-13/h2-6,14-16,23H,7-12H2,1H3,(H,20,21,22). The van der Waals surface area contributed by atoms with Crippen LogP contribution < -0.4 is 4.72 Å². The summed E-state index contributed by atoms with van der Waals surface area (Å²) >= 11 is 0. The Kier molecular flexibility index (Phi) is 5.66. The molecule has 2 aromatic rings. The van der Waals surface area contributed by atoms with E-state index in [-0.39, 0.29) is 23.9 Å². The fourth-order valence-corrected chi connectivity index (χ4v) is 4.82. The number of nitrogens with one attached hydrogen (secondary N) is 2. The molecule has 0 saturated carbocycles. The first-order chi connectivity index (χ1) is 13.9. The maximum atomic E-state index is 13.2. The number of H-pyrrole nitrogens is 1. The van der Waals surface area contributed by atoms with Crippen LogP contribution in [0.5, 0.6) is 0 Å². The van der Waals surface area contributed by atoms with Gasteiger partial charge in [-0.2, -0.15) is 5.10 Å². The fraction of sp³-hybridized carbons (Fsp3) is 0.526. The first-order valence-corrected chi connectivity index (χ1v) is 11.6. The van der Waals surface area contributed by atoms with Crippen molar-refractivity contribution in [3.63, 3.8) is 0 Å². The van der Waals surface area contributed by atoms with E-state index in [9.17, 15) is 13.2 Å². The molecule has 0 spiro atoms. The summed E-state index contributed by atoms with van der Waals surface area (Å²) < 4.78 is 31.5.